The second kappa shape index (κ2) is 7.51. The topological polar surface area (TPSA) is 36.9 Å². The van der Waals surface area contributed by atoms with Gasteiger partial charge in [-0.15, -0.1) is 22.7 Å². The molecule has 0 spiro atoms. The minimum atomic E-state index is 0. The van der Waals surface area contributed by atoms with Crippen molar-refractivity contribution >= 4 is 22.7 Å². The molecule has 1 atom stereocenters. The molecule has 0 saturated carbocycles. The van der Waals surface area contributed by atoms with Crippen molar-refractivity contribution in [3.8, 4) is 23.0 Å². The highest BCUT2D eigenvalue weighted by Crippen LogP contribution is 2.36. The molecule has 7 heteroatoms. The Morgan fingerprint density at radius 1 is 1.05 bits per heavy atom. The van der Waals surface area contributed by atoms with E-state index in [1.807, 2.05) is 21.5 Å². The van der Waals surface area contributed by atoms with Gasteiger partial charge in [0.1, 0.15) is 25.1 Å². The quantitative estimate of drug-likeness (QED) is 0.764. The molecular formula is C15H17FO4S2. The zero-order valence-electron chi connectivity index (χ0n) is 12.1. The molecule has 0 fully saturated rings. The zero-order valence-corrected chi connectivity index (χ0v) is 13.7. The molecule has 0 bridgehead atoms. The summed E-state index contributed by atoms with van der Waals surface area (Å²) in [5.74, 6) is 4.11. The number of ether oxygens (including phenoxy) is 4. The summed E-state index contributed by atoms with van der Waals surface area (Å²) in [7, 11) is 0. The Hall–Kier alpha value is -1.73. The Kier molecular flexibility index (Phi) is 5.68. The summed E-state index contributed by atoms with van der Waals surface area (Å²) >= 11 is 3.18. The van der Waals surface area contributed by atoms with E-state index in [0.29, 0.717) is 19.0 Å². The number of hydrogen-bond acceptors (Lipinski definition) is 6. The summed E-state index contributed by atoms with van der Waals surface area (Å²) in [5.41, 5.74) is 0. The molecule has 2 aromatic rings. The maximum absolute atomic E-state index is 5.61. The number of halogens is 1. The molecule has 4 nitrogen and oxygen atoms in total. The van der Waals surface area contributed by atoms with Gasteiger partial charge in [-0.3, -0.25) is 4.70 Å². The molecule has 0 amide bonds. The lowest BCUT2D eigenvalue weighted by Crippen LogP contribution is -2.27. The van der Waals surface area contributed by atoms with E-state index in [9.17, 15) is 0 Å². The first-order valence-corrected chi connectivity index (χ1v) is 8.55. The van der Waals surface area contributed by atoms with Gasteiger partial charge in [-0.1, -0.05) is 13.5 Å². The Labute approximate surface area is 136 Å². The second-order valence-corrected chi connectivity index (χ2v) is 6.08. The van der Waals surface area contributed by atoms with Gasteiger partial charge in [-0.25, -0.2) is 0 Å². The van der Waals surface area contributed by atoms with Crippen LogP contribution in [0.3, 0.4) is 0 Å². The third kappa shape index (κ3) is 3.72. The molecule has 4 heterocycles. The molecule has 2 aromatic heterocycles. The average Bonchev–Trinajstić information content (AvgIpc) is 3.15. The van der Waals surface area contributed by atoms with E-state index in [4.69, 9.17) is 18.9 Å². The smallest absolute Gasteiger partial charge is 0.179 e. The fourth-order valence-corrected chi connectivity index (χ4v) is 3.19. The van der Waals surface area contributed by atoms with E-state index < -0.39 is 0 Å². The highest BCUT2D eigenvalue weighted by atomic mass is 32.1. The van der Waals surface area contributed by atoms with Crippen LogP contribution in [0.2, 0.25) is 0 Å². The molecule has 0 aromatic carbocycles. The summed E-state index contributed by atoms with van der Waals surface area (Å²) < 4.78 is 21.6. The lowest BCUT2D eigenvalue weighted by molar-refractivity contribution is 0.0898. The van der Waals surface area contributed by atoms with Crippen LogP contribution in [0.5, 0.6) is 23.0 Å². The monoisotopic (exact) mass is 344 g/mol. The highest BCUT2D eigenvalue weighted by molar-refractivity contribution is 7.08. The van der Waals surface area contributed by atoms with Gasteiger partial charge in [0.05, 0.1) is 0 Å². The van der Waals surface area contributed by atoms with Gasteiger partial charge in [0, 0.05) is 21.5 Å². The first-order valence-electron chi connectivity index (χ1n) is 6.66. The molecular weight excluding hydrogens is 327 g/mol. The van der Waals surface area contributed by atoms with Crippen LogP contribution < -0.4 is 18.9 Å². The van der Waals surface area contributed by atoms with Gasteiger partial charge in [-0.05, 0) is 6.42 Å². The second-order valence-electron chi connectivity index (χ2n) is 4.59. The molecule has 4 rings (SSSR count). The van der Waals surface area contributed by atoms with Crippen molar-refractivity contribution in [3.05, 3.63) is 33.9 Å². The molecule has 0 aliphatic carbocycles. The minimum absolute atomic E-state index is 0. The lowest BCUT2D eigenvalue weighted by Gasteiger charge is -2.23. The number of rotatable bonds is 1. The molecule has 2 aliphatic heterocycles. The summed E-state index contributed by atoms with van der Waals surface area (Å²) in [4.78, 5) is 0. The molecule has 22 heavy (non-hydrogen) atoms. The van der Waals surface area contributed by atoms with Crippen molar-refractivity contribution in [2.75, 3.05) is 13.2 Å². The molecule has 0 radical (unpaired) electrons. The van der Waals surface area contributed by atoms with E-state index in [-0.39, 0.29) is 10.8 Å². The predicted octanol–water partition coefficient (Wildman–Crippen LogP) is 4.48. The standard InChI is InChI=1S/C8H10O2S.C7H6O2S.FH/c1-2-6-3-9-7-4-11-5-8(7)10-6;1-5-2-8-6-3-10-4-7(6)9-5;/h4-6H,2-3H2,1H3;3-4H,1-2H2;1H. The summed E-state index contributed by atoms with van der Waals surface area (Å²) in [6.07, 6.45) is 1.26. The Morgan fingerprint density at radius 3 is 2.41 bits per heavy atom. The zero-order chi connectivity index (χ0) is 14.7. The largest absolute Gasteiger partial charge is 0.485 e. The lowest BCUT2D eigenvalue weighted by atomic mass is 10.3. The van der Waals surface area contributed by atoms with E-state index in [2.05, 4.69) is 13.5 Å². The van der Waals surface area contributed by atoms with E-state index in [1.165, 1.54) is 0 Å². The van der Waals surface area contributed by atoms with Crippen LogP contribution in [0.25, 0.3) is 0 Å². The number of fused-ring (bicyclic) bond motifs is 2. The molecule has 1 unspecified atom stereocenters. The van der Waals surface area contributed by atoms with Crippen LogP contribution in [0.4, 0.5) is 4.70 Å². The van der Waals surface area contributed by atoms with Gasteiger partial charge in [-0.2, -0.15) is 0 Å². The van der Waals surface area contributed by atoms with Crippen molar-refractivity contribution in [2.45, 2.75) is 19.4 Å². The fourth-order valence-electron chi connectivity index (χ4n) is 1.86. The highest BCUT2D eigenvalue weighted by Gasteiger charge is 2.19. The van der Waals surface area contributed by atoms with Crippen LogP contribution in [0, 0.1) is 0 Å². The van der Waals surface area contributed by atoms with E-state index in [0.717, 1.165) is 29.4 Å². The third-order valence-electron chi connectivity index (χ3n) is 3.00. The van der Waals surface area contributed by atoms with Crippen LogP contribution in [0.1, 0.15) is 13.3 Å². The Morgan fingerprint density at radius 2 is 1.68 bits per heavy atom. The predicted molar refractivity (Wildman–Crippen MR) is 86.6 cm³/mol. The van der Waals surface area contributed by atoms with Crippen molar-refractivity contribution in [1.82, 2.24) is 0 Å². The molecule has 2 aliphatic rings. The fraction of sp³-hybridized carbons (Fsp3) is 0.333. The van der Waals surface area contributed by atoms with E-state index in [1.54, 1.807) is 22.7 Å². The molecule has 0 saturated heterocycles. The van der Waals surface area contributed by atoms with Crippen LogP contribution in [0.15, 0.2) is 33.9 Å². The maximum atomic E-state index is 5.61. The van der Waals surface area contributed by atoms with Gasteiger partial charge in [0.15, 0.2) is 23.0 Å². The molecule has 120 valence electrons. The average molecular weight is 344 g/mol. The summed E-state index contributed by atoms with van der Waals surface area (Å²) in [6.45, 7) is 6.92. The van der Waals surface area contributed by atoms with Crippen molar-refractivity contribution in [3.63, 3.8) is 0 Å². The van der Waals surface area contributed by atoms with Crippen molar-refractivity contribution in [2.24, 2.45) is 0 Å². The number of hydrogen-bond donors (Lipinski definition) is 0. The summed E-state index contributed by atoms with van der Waals surface area (Å²) in [6, 6.07) is 0. The van der Waals surface area contributed by atoms with Crippen LogP contribution in [-0.2, 0) is 0 Å². The van der Waals surface area contributed by atoms with Crippen LogP contribution in [-0.4, -0.2) is 19.3 Å². The molecule has 0 N–H and O–H groups in total. The Bertz CT molecular complexity index is 623. The van der Waals surface area contributed by atoms with Crippen molar-refractivity contribution in [1.29, 1.82) is 0 Å². The third-order valence-corrected chi connectivity index (χ3v) is 4.40. The minimum Gasteiger partial charge on any atom is -0.485 e. The van der Waals surface area contributed by atoms with Gasteiger partial charge in [0.25, 0.3) is 0 Å². The summed E-state index contributed by atoms with van der Waals surface area (Å²) in [5, 5.41) is 7.78. The van der Waals surface area contributed by atoms with Crippen LogP contribution >= 0.6 is 22.7 Å². The normalized spacial score (nSPS) is 17.9. The van der Waals surface area contributed by atoms with Gasteiger partial charge >= 0.3 is 0 Å². The first-order chi connectivity index (χ1) is 10.3. The maximum Gasteiger partial charge on any atom is 0.179 e. The van der Waals surface area contributed by atoms with Gasteiger partial charge < -0.3 is 18.9 Å². The van der Waals surface area contributed by atoms with E-state index >= 15 is 0 Å². The van der Waals surface area contributed by atoms with Gasteiger partial charge in [0.2, 0.25) is 0 Å². The Balaban J connectivity index is 0.000000154. The van der Waals surface area contributed by atoms with Crippen molar-refractivity contribution < 1.29 is 23.7 Å². The number of thiophene rings is 2. The first kappa shape index (κ1) is 16.6. The SMILES string of the molecule is C=C1COc2cscc2O1.CCC1COc2cscc2O1.F.